The van der Waals surface area contributed by atoms with Crippen LogP contribution in [0.5, 0.6) is 5.88 Å². The van der Waals surface area contributed by atoms with Crippen molar-refractivity contribution in [1.82, 2.24) is 4.98 Å². The topological polar surface area (TPSA) is 51.2 Å². The summed E-state index contributed by atoms with van der Waals surface area (Å²) < 4.78 is 20.1. The molecule has 1 heterocycles. The predicted octanol–water partition coefficient (Wildman–Crippen LogP) is 5.16. The van der Waals surface area contributed by atoms with Gasteiger partial charge in [-0.3, -0.25) is 4.79 Å². The minimum absolute atomic E-state index is 0.161. The molecular weight excluding hydrogens is 343 g/mol. The molecule has 0 radical (unpaired) electrons. The molecule has 0 bridgehead atoms. The summed E-state index contributed by atoms with van der Waals surface area (Å²) in [5.41, 5.74) is 1.16. The fourth-order valence-corrected chi connectivity index (χ4v) is 3.79. The van der Waals surface area contributed by atoms with Crippen LogP contribution < -0.4 is 10.1 Å². The molecule has 1 fully saturated rings. The Kier molecular flexibility index (Phi) is 6.09. The second-order valence-electron chi connectivity index (χ2n) is 7.27. The Morgan fingerprint density at radius 1 is 1.30 bits per heavy atom. The average molecular weight is 370 g/mol. The number of carbonyl (C=O) groups excluding carboxylic acids is 1. The number of hydrogen-bond acceptors (Lipinski definition) is 3. The lowest BCUT2D eigenvalue weighted by atomic mass is 9.77. The van der Waals surface area contributed by atoms with Gasteiger partial charge in [0.1, 0.15) is 5.82 Å². The van der Waals surface area contributed by atoms with Crippen LogP contribution in [0.15, 0.2) is 36.5 Å². The number of nitrogens with zero attached hydrogens (tertiary/aromatic N) is 1. The van der Waals surface area contributed by atoms with Gasteiger partial charge in [-0.25, -0.2) is 9.37 Å². The minimum Gasteiger partial charge on any atom is -0.477 e. The van der Waals surface area contributed by atoms with Crippen molar-refractivity contribution in [2.45, 2.75) is 57.8 Å². The number of nitrogens with one attached hydrogen (secondary N) is 1. The Hall–Kier alpha value is -2.43. The Morgan fingerprint density at radius 2 is 2.04 bits per heavy atom. The van der Waals surface area contributed by atoms with E-state index in [4.69, 9.17) is 4.74 Å². The number of hydrogen-bond donors (Lipinski definition) is 1. The molecule has 1 saturated carbocycles. The first-order chi connectivity index (χ1) is 13.1. The summed E-state index contributed by atoms with van der Waals surface area (Å²) in [7, 11) is 0. The fourth-order valence-electron chi connectivity index (χ4n) is 3.79. The van der Waals surface area contributed by atoms with Gasteiger partial charge >= 0.3 is 0 Å². The fraction of sp³-hybridized carbons (Fsp3) is 0.455. The van der Waals surface area contributed by atoms with Crippen LogP contribution in [0.3, 0.4) is 0 Å². The highest BCUT2D eigenvalue weighted by atomic mass is 19.1. The van der Waals surface area contributed by atoms with Crippen LogP contribution in [0.2, 0.25) is 0 Å². The molecule has 0 saturated heterocycles. The smallest absolute Gasteiger partial charge is 0.235 e. The lowest BCUT2D eigenvalue weighted by molar-refractivity contribution is -0.121. The molecule has 1 aromatic carbocycles. The second-order valence-corrected chi connectivity index (χ2v) is 7.27. The van der Waals surface area contributed by atoms with Crippen molar-refractivity contribution >= 4 is 11.6 Å². The van der Waals surface area contributed by atoms with Crippen LogP contribution in [0, 0.1) is 12.7 Å². The van der Waals surface area contributed by atoms with E-state index in [2.05, 4.69) is 17.2 Å². The van der Waals surface area contributed by atoms with E-state index < -0.39 is 5.41 Å². The summed E-state index contributed by atoms with van der Waals surface area (Å²) in [6.07, 6.45) is 6.80. The first kappa shape index (κ1) is 19.3. The summed E-state index contributed by atoms with van der Waals surface area (Å²) in [5.74, 6) is 0.112. The zero-order valence-electron chi connectivity index (χ0n) is 16.1. The third-order valence-electron chi connectivity index (χ3n) is 5.31. The van der Waals surface area contributed by atoms with Gasteiger partial charge in [0.05, 0.1) is 23.9 Å². The highest BCUT2D eigenvalue weighted by Gasteiger charge is 2.44. The summed E-state index contributed by atoms with van der Waals surface area (Å²) in [6, 6.07) is 8.46. The van der Waals surface area contributed by atoms with Crippen LogP contribution in [0.1, 0.15) is 56.6 Å². The maximum absolute atomic E-state index is 14.4. The van der Waals surface area contributed by atoms with Crippen LogP contribution in [-0.4, -0.2) is 17.5 Å². The van der Waals surface area contributed by atoms with Crippen molar-refractivity contribution < 1.29 is 13.9 Å². The minimum atomic E-state index is -0.810. The average Bonchev–Trinajstić information content (AvgIpc) is 3.15. The Bertz CT molecular complexity index is 801. The van der Waals surface area contributed by atoms with Crippen LogP contribution >= 0.6 is 0 Å². The van der Waals surface area contributed by atoms with Gasteiger partial charge in [-0.2, -0.15) is 0 Å². The molecule has 5 heteroatoms. The third kappa shape index (κ3) is 4.12. The number of aryl methyl sites for hydroxylation is 1. The molecular formula is C22H27FN2O2. The van der Waals surface area contributed by atoms with E-state index in [0.717, 1.165) is 31.2 Å². The van der Waals surface area contributed by atoms with Crippen molar-refractivity contribution in [1.29, 1.82) is 0 Å². The first-order valence-corrected chi connectivity index (χ1v) is 9.73. The lowest BCUT2D eigenvalue weighted by Gasteiger charge is -2.28. The molecule has 0 spiro atoms. The summed E-state index contributed by atoms with van der Waals surface area (Å²) >= 11 is 0. The highest BCUT2D eigenvalue weighted by molar-refractivity contribution is 5.99. The quantitative estimate of drug-likeness (QED) is 0.685. The summed E-state index contributed by atoms with van der Waals surface area (Å²) in [6.45, 7) is 4.65. The van der Waals surface area contributed by atoms with E-state index >= 15 is 0 Å². The summed E-state index contributed by atoms with van der Waals surface area (Å²) in [4.78, 5) is 17.5. The van der Waals surface area contributed by atoms with Crippen LogP contribution in [0.4, 0.5) is 10.1 Å². The zero-order valence-corrected chi connectivity index (χ0v) is 16.1. The van der Waals surface area contributed by atoms with Crippen LogP contribution in [-0.2, 0) is 10.2 Å². The zero-order chi connectivity index (χ0) is 19.3. The van der Waals surface area contributed by atoms with E-state index in [1.807, 2.05) is 13.0 Å². The molecule has 27 heavy (non-hydrogen) atoms. The lowest BCUT2D eigenvalue weighted by Crippen LogP contribution is -2.38. The number of anilines is 1. The number of aromatic nitrogens is 1. The number of pyridine rings is 1. The molecule has 4 nitrogen and oxygen atoms in total. The van der Waals surface area contributed by atoms with E-state index in [9.17, 15) is 9.18 Å². The molecule has 1 amide bonds. The third-order valence-corrected chi connectivity index (χ3v) is 5.31. The van der Waals surface area contributed by atoms with E-state index in [1.54, 1.807) is 24.4 Å². The molecule has 144 valence electrons. The maximum atomic E-state index is 14.4. The number of unbranched alkanes of at least 4 members (excludes halogenated alkanes) is 1. The maximum Gasteiger partial charge on any atom is 0.235 e. The molecule has 1 aliphatic carbocycles. The number of benzene rings is 1. The van der Waals surface area contributed by atoms with Gasteiger partial charge in [-0.1, -0.05) is 44.4 Å². The number of amides is 1. The van der Waals surface area contributed by atoms with Gasteiger partial charge in [0.25, 0.3) is 0 Å². The second kappa shape index (κ2) is 8.51. The van der Waals surface area contributed by atoms with Gasteiger partial charge in [0, 0.05) is 11.1 Å². The van der Waals surface area contributed by atoms with Crippen molar-refractivity contribution in [3.8, 4) is 5.88 Å². The molecule has 1 N–H and O–H groups in total. The Balaban J connectivity index is 1.79. The van der Waals surface area contributed by atoms with E-state index in [-0.39, 0.29) is 11.7 Å². The van der Waals surface area contributed by atoms with Crippen molar-refractivity contribution in [2.75, 3.05) is 11.9 Å². The first-order valence-electron chi connectivity index (χ1n) is 9.73. The van der Waals surface area contributed by atoms with Gasteiger partial charge in [-0.15, -0.1) is 0 Å². The number of carbonyl (C=O) groups is 1. The molecule has 3 rings (SSSR count). The summed E-state index contributed by atoms with van der Waals surface area (Å²) in [5, 5.41) is 2.96. The Morgan fingerprint density at radius 3 is 2.70 bits per heavy atom. The molecule has 0 atom stereocenters. The standard InChI is InChI=1S/C22H27FN2O2/c1-3-4-13-27-20-16(2)14-17(15-24-20)25-21(26)22(11-7-8-12-22)18-9-5-6-10-19(18)23/h5-6,9-10,14-15H,3-4,7-8,11-13H2,1-2H3,(H,25,26). The number of rotatable bonds is 7. The van der Waals surface area contributed by atoms with Gasteiger partial charge in [-0.05, 0) is 38.3 Å². The SMILES string of the molecule is CCCCOc1ncc(NC(=O)C2(c3ccccc3F)CCCC2)cc1C. The largest absolute Gasteiger partial charge is 0.477 e. The monoisotopic (exact) mass is 370 g/mol. The molecule has 2 aromatic rings. The normalized spacial score (nSPS) is 15.5. The molecule has 1 aromatic heterocycles. The molecule has 1 aliphatic rings. The van der Waals surface area contributed by atoms with Crippen LogP contribution in [0.25, 0.3) is 0 Å². The van der Waals surface area contributed by atoms with Crippen molar-refractivity contribution in [2.24, 2.45) is 0 Å². The molecule has 0 aliphatic heterocycles. The Labute approximate surface area is 160 Å². The van der Waals surface area contributed by atoms with E-state index in [1.165, 1.54) is 6.07 Å². The number of ether oxygens (including phenoxy) is 1. The van der Waals surface area contributed by atoms with Gasteiger partial charge in [0.15, 0.2) is 0 Å². The highest BCUT2D eigenvalue weighted by Crippen LogP contribution is 2.43. The predicted molar refractivity (Wildman–Crippen MR) is 105 cm³/mol. The number of halogens is 1. The van der Waals surface area contributed by atoms with Crippen molar-refractivity contribution in [3.63, 3.8) is 0 Å². The van der Waals surface area contributed by atoms with Gasteiger partial charge in [0.2, 0.25) is 11.8 Å². The van der Waals surface area contributed by atoms with E-state index in [0.29, 0.717) is 36.6 Å². The van der Waals surface area contributed by atoms with Gasteiger partial charge < -0.3 is 10.1 Å². The molecule has 0 unspecified atom stereocenters. The van der Waals surface area contributed by atoms with Crippen molar-refractivity contribution in [3.05, 3.63) is 53.5 Å².